The van der Waals surface area contributed by atoms with Gasteiger partial charge in [-0.25, -0.2) is 0 Å². The van der Waals surface area contributed by atoms with Gasteiger partial charge in [-0.1, -0.05) is 49.2 Å². The molecule has 0 radical (unpaired) electrons. The molecule has 0 aliphatic rings. The maximum absolute atomic E-state index is 12.6. The van der Waals surface area contributed by atoms with E-state index < -0.39 is 0 Å². The van der Waals surface area contributed by atoms with E-state index in [1.807, 2.05) is 48.5 Å². The van der Waals surface area contributed by atoms with Crippen LogP contribution in [0.25, 0.3) is 21.8 Å². The third-order valence-corrected chi connectivity index (χ3v) is 4.04. The van der Waals surface area contributed by atoms with Crippen LogP contribution in [-0.4, -0.2) is 4.57 Å². The smallest absolute Gasteiger partial charge is 0.197 e. The maximum atomic E-state index is 12.6. The quantitative estimate of drug-likeness (QED) is 0.505. The molecule has 3 rings (SSSR count). The zero-order chi connectivity index (χ0) is 14.1. The highest BCUT2D eigenvalue weighted by Gasteiger charge is 2.14. The van der Waals surface area contributed by atoms with E-state index in [2.05, 4.69) is 11.5 Å². The average Bonchev–Trinajstić information content (AvgIpc) is 2.48. The van der Waals surface area contributed by atoms with Crippen LogP contribution in [0.1, 0.15) is 25.3 Å². The monoisotopic (exact) mass is 285 g/mol. The number of halogens is 1. The van der Waals surface area contributed by atoms with E-state index in [4.69, 9.17) is 11.6 Å². The second-order valence-corrected chi connectivity index (χ2v) is 5.46. The molecule has 0 saturated heterocycles. The molecule has 0 aliphatic heterocycles. The van der Waals surface area contributed by atoms with Gasteiger partial charge in [0, 0.05) is 10.8 Å². The summed E-state index contributed by atoms with van der Waals surface area (Å²) >= 11 is 6.58. The van der Waals surface area contributed by atoms with E-state index in [0.29, 0.717) is 0 Å². The van der Waals surface area contributed by atoms with E-state index in [-0.39, 0.29) is 10.9 Å². The second kappa shape index (κ2) is 5.29. The molecule has 3 aromatic rings. The first-order valence-corrected chi connectivity index (χ1v) is 7.33. The third kappa shape index (κ3) is 2.01. The van der Waals surface area contributed by atoms with Crippen molar-refractivity contribution in [3.63, 3.8) is 0 Å². The Morgan fingerprint density at radius 3 is 2.00 bits per heavy atom. The number of alkyl halides is 1. The Kier molecular flexibility index (Phi) is 3.49. The fourth-order valence-corrected chi connectivity index (χ4v) is 3.12. The van der Waals surface area contributed by atoms with Crippen molar-refractivity contribution in [3.8, 4) is 0 Å². The summed E-state index contributed by atoms with van der Waals surface area (Å²) in [6, 6.07) is 15.4. The molecule has 1 heterocycles. The SMILES string of the molecule is CCCC(Cl)n1c2ccccc2c(=O)c2ccccc21. The summed E-state index contributed by atoms with van der Waals surface area (Å²) in [5.41, 5.74) is 1.75. The molecule has 0 aliphatic carbocycles. The Morgan fingerprint density at radius 2 is 1.50 bits per heavy atom. The van der Waals surface area contributed by atoms with Gasteiger partial charge in [-0.3, -0.25) is 4.79 Å². The van der Waals surface area contributed by atoms with Gasteiger partial charge in [-0.05, 0) is 30.7 Å². The number of hydrogen-bond donors (Lipinski definition) is 0. The van der Waals surface area contributed by atoms with Crippen LogP contribution in [0.2, 0.25) is 0 Å². The highest BCUT2D eigenvalue weighted by Crippen LogP contribution is 2.28. The Bertz CT molecular complexity index is 762. The topological polar surface area (TPSA) is 22.0 Å². The zero-order valence-electron chi connectivity index (χ0n) is 11.3. The van der Waals surface area contributed by atoms with Crippen LogP contribution in [0.4, 0.5) is 0 Å². The Balaban J connectivity index is 2.50. The molecular formula is C17H16ClNO. The number of benzene rings is 2. The standard InChI is InChI=1S/C17H16ClNO/c1-2-7-16(18)19-14-10-5-3-8-12(14)17(20)13-9-4-6-11-15(13)19/h3-6,8-11,16H,2,7H2,1H3. The Hall–Kier alpha value is -1.80. The highest BCUT2D eigenvalue weighted by molar-refractivity contribution is 6.20. The van der Waals surface area contributed by atoms with Crippen molar-refractivity contribution in [1.29, 1.82) is 0 Å². The van der Waals surface area contributed by atoms with Crippen LogP contribution in [0.5, 0.6) is 0 Å². The van der Waals surface area contributed by atoms with Crippen molar-refractivity contribution in [2.75, 3.05) is 0 Å². The van der Waals surface area contributed by atoms with Crippen LogP contribution >= 0.6 is 11.6 Å². The summed E-state index contributed by atoms with van der Waals surface area (Å²) in [4.78, 5) is 12.6. The summed E-state index contributed by atoms with van der Waals surface area (Å²) < 4.78 is 2.08. The van der Waals surface area contributed by atoms with Crippen molar-refractivity contribution in [2.24, 2.45) is 0 Å². The molecule has 0 N–H and O–H groups in total. The Labute approximate surface area is 122 Å². The van der Waals surface area contributed by atoms with Crippen molar-refractivity contribution in [1.82, 2.24) is 4.57 Å². The number of pyridine rings is 1. The van der Waals surface area contributed by atoms with Gasteiger partial charge in [0.2, 0.25) is 0 Å². The minimum Gasteiger partial charge on any atom is -0.323 e. The largest absolute Gasteiger partial charge is 0.323 e. The van der Waals surface area contributed by atoms with Crippen LogP contribution in [0.3, 0.4) is 0 Å². The fraction of sp³-hybridized carbons (Fsp3) is 0.235. The first kappa shape index (κ1) is 13.2. The molecule has 1 atom stereocenters. The summed E-state index contributed by atoms with van der Waals surface area (Å²) in [6.45, 7) is 2.11. The number of nitrogens with zero attached hydrogens (tertiary/aromatic N) is 1. The molecule has 0 amide bonds. The molecule has 2 nitrogen and oxygen atoms in total. The van der Waals surface area contributed by atoms with Gasteiger partial charge in [0.25, 0.3) is 0 Å². The van der Waals surface area contributed by atoms with Gasteiger partial charge in [0.1, 0.15) is 5.50 Å². The second-order valence-electron chi connectivity index (χ2n) is 4.96. The summed E-state index contributed by atoms with van der Waals surface area (Å²) in [5, 5.41) is 1.46. The van der Waals surface area contributed by atoms with Crippen molar-refractivity contribution in [3.05, 3.63) is 58.8 Å². The van der Waals surface area contributed by atoms with Crippen LogP contribution in [-0.2, 0) is 0 Å². The Morgan fingerprint density at radius 1 is 1.00 bits per heavy atom. The lowest BCUT2D eigenvalue weighted by atomic mass is 10.1. The lowest BCUT2D eigenvalue weighted by Gasteiger charge is -2.19. The fourth-order valence-electron chi connectivity index (χ4n) is 2.70. The minimum absolute atomic E-state index is 0.0767. The van der Waals surface area contributed by atoms with Crippen molar-refractivity contribution >= 4 is 33.4 Å². The van der Waals surface area contributed by atoms with Crippen LogP contribution in [0.15, 0.2) is 53.3 Å². The summed E-state index contributed by atoms with van der Waals surface area (Å²) in [7, 11) is 0. The lowest BCUT2D eigenvalue weighted by molar-refractivity contribution is 0.633. The van der Waals surface area contributed by atoms with E-state index in [0.717, 1.165) is 34.6 Å². The average molecular weight is 286 g/mol. The molecule has 3 heteroatoms. The number of aromatic nitrogens is 1. The molecule has 0 saturated carbocycles. The van der Waals surface area contributed by atoms with E-state index in [9.17, 15) is 4.79 Å². The molecule has 0 bridgehead atoms. The van der Waals surface area contributed by atoms with Crippen molar-refractivity contribution < 1.29 is 0 Å². The van der Waals surface area contributed by atoms with Gasteiger partial charge >= 0.3 is 0 Å². The van der Waals surface area contributed by atoms with Gasteiger partial charge in [-0.15, -0.1) is 0 Å². The number of rotatable bonds is 3. The lowest BCUT2D eigenvalue weighted by Crippen LogP contribution is -2.13. The van der Waals surface area contributed by atoms with E-state index in [1.165, 1.54) is 0 Å². The van der Waals surface area contributed by atoms with Gasteiger partial charge < -0.3 is 4.57 Å². The number of para-hydroxylation sites is 2. The molecule has 1 unspecified atom stereocenters. The predicted molar refractivity (Wildman–Crippen MR) is 85.5 cm³/mol. The zero-order valence-corrected chi connectivity index (χ0v) is 12.1. The summed E-state index contributed by atoms with van der Waals surface area (Å²) in [5.74, 6) is 0. The van der Waals surface area contributed by atoms with E-state index in [1.54, 1.807) is 0 Å². The minimum atomic E-state index is -0.143. The first-order valence-electron chi connectivity index (χ1n) is 6.90. The molecule has 20 heavy (non-hydrogen) atoms. The normalized spacial score (nSPS) is 12.9. The van der Waals surface area contributed by atoms with Crippen LogP contribution in [0, 0.1) is 0 Å². The molecule has 0 spiro atoms. The molecule has 0 fully saturated rings. The van der Waals surface area contributed by atoms with Gasteiger partial charge in [-0.2, -0.15) is 0 Å². The maximum Gasteiger partial charge on any atom is 0.197 e. The van der Waals surface area contributed by atoms with E-state index >= 15 is 0 Å². The number of fused-ring (bicyclic) bond motifs is 2. The van der Waals surface area contributed by atoms with Gasteiger partial charge in [0.05, 0.1) is 11.0 Å². The third-order valence-electron chi connectivity index (χ3n) is 3.62. The van der Waals surface area contributed by atoms with Gasteiger partial charge in [0.15, 0.2) is 5.43 Å². The molecule has 2 aromatic carbocycles. The molecule has 1 aromatic heterocycles. The number of hydrogen-bond acceptors (Lipinski definition) is 1. The molecule has 102 valence electrons. The summed E-state index contributed by atoms with van der Waals surface area (Å²) in [6.07, 6.45) is 1.88. The molecular weight excluding hydrogens is 270 g/mol. The highest BCUT2D eigenvalue weighted by atomic mass is 35.5. The predicted octanol–water partition coefficient (Wildman–Crippen LogP) is 4.69. The first-order chi connectivity index (χ1) is 9.74. The van der Waals surface area contributed by atoms with Crippen molar-refractivity contribution in [2.45, 2.75) is 25.3 Å². The van der Waals surface area contributed by atoms with Crippen LogP contribution < -0.4 is 5.43 Å².